The van der Waals surface area contributed by atoms with Gasteiger partial charge in [0.1, 0.15) is 5.82 Å². The van der Waals surface area contributed by atoms with Gasteiger partial charge < -0.3 is 5.32 Å². The molecular formula is C17H24ClFN2. The third-order valence-electron chi connectivity index (χ3n) is 5.16. The van der Waals surface area contributed by atoms with E-state index in [-0.39, 0.29) is 21.9 Å². The van der Waals surface area contributed by atoms with Crippen LogP contribution in [0.2, 0.25) is 5.02 Å². The van der Waals surface area contributed by atoms with Crippen LogP contribution in [0.25, 0.3) is 0 Å². The van der Waals surface area contributed by atoms with Crippen molar-refractivity contribution in [1.29, 1.82) is 0 Å². The fourth-order valence-corrected chi connectivity index (χ4v) is 3.78. The normalized spacial score (nSPS) is 24.6. The number of benzene rings is 1. The van der Waals surface area contributed by atoms with Crippen LogP contribution in [0.4, 0.5) is 4.39 Å². The van der Waals surface area contributed by atoms with E-state index in [2.05, 4.69) is 24.1 Å². The van der Waals surface area contributed by atoms with E-state index in [9.17, 15) is 4.39 Å². The third-order valence-corrected chi connectivity index (χ3v) is 5.47. The summed E-state index contributed by atoms with van der Waals surface area (Å²) in [4.78, 5) is 2.50. The molecule has 1 spiro atoms. The Kier molecular flexibility index (Phi) is 4.02. The molecule has 2 aliphatic rings. The lowest BCUT2D eigenvalue weighted by molar-refractivity contribution is 0.0216. The zero-order valence-electron chi connectivity index (χ0n) is 12.9. The van der Waals surface area contributed by atoms with Crippen LogP contribution < -0.4 is 5.32 Å². The average molecular weight is 311 g/mol. The second-order valence-electron chi connectivity index (χ2n) is 7.26. The summed E-state index contributed by atoms with van der Waals surface area (Å²) < 4.78 is 13.7. The molecule has 21 heavy (non-hydrogen) atoms. The predicted molar refractivity (Wildman–Crippen MR) is 85.1 cm³/mol. The Balaban J connectivity index is 1.78. The molecule has 0 bridgehead atoms. The SMILES string of the molecule is CC1(C)CNC2(CCCC2)CN1Cc1ccc(Cl)c(F)c1. The first-order valence-corrected chi connectivity index (χ1v) is 8.22. The van der Waals surface area contributed by atoms with Gasteiger partial charge in [-0.05, 0) is 44.4 Å². The number of nitrogens with zero attached hydrogens (tertiary/aromatic N) is 1. The fraction of sp³-hybridized carbons (Fsp3) is 0.647. The van der Waals surface area contributed by atoms with Crippen molar-refractivity contribution in [3.05, 3.63) is 34.6 Å². The van der Waals surface area contributed by atoms with E-state index in [0.717, 1.165) is 25.2 Å². The van der Waals surface area contributed by atoms with Crippen molar-refractivity contribution in [3.8, 4) is 0 Å². The molecule has 1 aromatic carbocycles. The first-order valence-electron chi connectivity index (χ1n) is 7.84. The molecule has 1 saturated heterocycles. The number of halogens is 2. The Morgan fingerprint density at radius 3 is 2.67 bits per heavy atom. The predicted octanol–water partition coefficient (Wildman–Crippen LogP) is 3.98. The van der Waals surface area contributed by atoms with Crippen LogP contribution in [0.15, 0.2) is 18.2 Å². The van der Waals surface area contributed by atoms with Crippen LogP contribution in [0.1, 0.15) is 45.1 Å². The van der Waals surface area contributed by atoms with Crippen molar-refractivity contribution in [3.63, 3.8) is 0 Å². The van der Waals surface area contributed by atoms with Crippen molar-refractivity contribution in [1.82, 2.24) is 10.2 Å². The summed E-state index contributed by atoms with van der Waals surface area (Å²) >= 11 is 5.78. The van der Waals surface area contributed by atoms with Crippen molar-refractivity contribution in [2.75, 3.05) is 13.1 Å². The van der Waals surface area contributed by atoms with Gasteiger partial charge in [-0.3, -0.25) is 4.90 Å². The van der Waals surface area contributed by atoms with Gasteiger partial charge in [0.2, 0.25) is 0 Å². The van der Waals surface area contributed by atoms with Gasteiger partial charge in [0.25, 0.3) is 0 Å². The minimum atomic E-state index is -0.322. The highest BCUT2D eigenvalue weighted by Gasteiger charge is 2.43. The van der Waals surface area contributed by atoms with Gasteiger partial charge >= 0.3 is 0 Å². The minimum absolute atomic E-state index is 0.0873. The Morgan fingerprint density at radius 1 is 1.29 bits per heavy atom. The number of hydrogen-bond acceptors (Lipinski definition) is 2. The molecule has 0 amide bonds. The monoisotopic (exact) mass is 310 g/mol. The van der Waals surface area contributed by atoms with Crippen LogP contribution in [-0.2, 0) is 6.54 Å². The van der Waals surface area contributed by atoms with Crippen molar-refractivity contribution in [2.45, 2.75) is 57.2 Å². The molecule has 1 aliphatic carbocycles. The molecule has 0 aromatic heterocycles. The maximum absolute atomic E-state index is 13.7. The summed E-state index contributed by atoms with van der Waals surface area (Å²) in [7, 11) is 0. The number of hydrogen-bond donors (Lipinski definition) is 1. The van der Waals surface area contributed by atoms with E-state index in [0.29, 0.717) is 0 Å². The van der Waals surface area contributed by atoms with Gasteiger partial charge in [-0.1, -0.05) is 30.5 Å². The standard InChI is InChI=1S/C17H24ClFN2/c1-16(2)11-20-17(7-3-4-8-17)12-21(16)10-13-5-6-14(18)15(19)9-13/h5-6,9,20H,3-4,7-8,10-12H2,1-2H3. The molecule has 2 fully saturated rings. The molecule has 1 aromatic rings. The molecule has 4 heteroatoms. The first kappa shape index (κ1) is 15.3. The summed E-state index contributed by atoms with van der Waals surface area (Å²) in [6.45, 7) is 7.33. The summed E-state index contributed by atoms with van der Waals surface area (Å²) in [6.07, 6.45) is 5.15. The zero-order chi connectivity index (χ0) is 15.1. The smallest absolute Gasteiger partial charge is 0.142 e. The molecule has 3 rings (SSSR count). The Hall–Kier alpha value is -0.640. The minimum Gasteiger partial charge on any atom is -0.308 e. The number of nitrogens with one attached hydrogen (secondary N) is 1. The Labute approximate surface area is 131 Å². The van der Waals surface area contributed by atoms with Gasteiger partial charge in [-0.2, -0.15) is 0 Å². The van der Waals surface area contributed by atoms with Crippen LogP contribution in [0, 0.1) is 5.82 Å². The largest absolute Gasteiger partial charge is 0.308 e. The second-order valence-corrected chi connectivity index (χ2v) is 7.67. The quantitative estimate of drug-likeness (QED) is 0.889. The van der Waals surface area contributed by atoms with Gasteiger partial charge in [-0.25, -0.2) is 4.39 Å². The van der Waals surface area contributed by atoms with Gasteiger partial charge in [0.05, 0.1) is 5.02 Å². The molecule has 0 radical (unpaired) electrons. The molecule has 2 nitrogen and oxygen atoms in total. The molecule has 116 valence electrons. The summed E-state index contributed by atoms with van der Waals surface area (Å²) in [5, 5.41) is 3.98. The lowest BCUT2D eigenvalue weighted by atomic mass is 9.87. The topological polar surface area (TPSA) is 15.3 Å². The second kappa shape index (κ2) is 5.53. The molecule has 1 heterocycles. The van der Waals surface area contributed by atoms with Crippen LogP contribution >= 0.6 is 11.6 Å². The van der Waals surface area contributed by atoms with E-state index in [1.807, 2.05) is 6.07 Å². The third kappa shape index (κ3) is 3.10. The van der Waals surface area contributed by atoms with Crippen molar-refractivity contribution >= 4 is 11.6 Å². The highest BCUT2D eigenvalue weighted by Crippen LogP contribution is 2.36. The Morgan fingerprint density at radius 2 is 2.00 bits per heavy atom. The molecule has 0 atom stereocenters. The van der Waals surface area contributed by atoms with Crippen molar-refractivity contribution in [2.24, 2.45) is 0 Å². The number of piperazine rings is 1. The lowest BCUT2D eigenvalue weighted by Crippen LogP contribution is -2.66. The molecule has 1 N–H and O–H groups in total. The van der Waals surface area contributed by atoms with Gasteiger partial charge in [-0.15, -0.1) is 0 Å². The van der Waals surface area contributed by atoms with Crippen molar-refractivity contribution < 1.29 is 4.39 Å². The lowest BCUT2D eigenvalue weighted by Gasteiger charge is -2.51. The maximum atomic E-state index is 13.7. The van der Waals surface area contributed by atoms with Crippen LogP contribution in [0.3, 0.4) is 0 Å². The highest BCUT2D eigenvalue weighted by atomic mass is 35.5. The molecule has 1 aliphatic heterocycles. The highest BCUT2D eigenvalue weighted by molar-refractivity contribution is 6.30. The molecule has 0 unspecified atom stereocenters. The fourth-order valence-electron chi connectivity index (χ4n) is 3.67. The molecular weight excluding hydrogens is 287 g/mol. The van der Waals surface area contributed by atoms with E-state index >= 15 is 0 Å². The Bertz CT molecular complexity index is 524. The summed E-state index contributed by atoms with van der Waals surface area (Å²) in [5.74, 6) is -0.322. The van der Waals surface area contributed by atoms with Crippen LogP contribution in [0.5, 0.6) is 0 Å². The zero-order valence-corrected chi connectivity index (χ0v) is 13.6. The van der Waals surface area contributed by atoms with E-state index in [4.69, 9.17) is 11.6 Å². The van der Waals surface area contributed by atoms with E-state index in [1.165, 1.54) is 25.7 Å². The number of rotatable bonds is 2. The van der Waals surface area contributed by atoms with Gasteiger partial charge in [0.15, 0.2) is 0 Å². The van der Waals surface area contributed by atoms with Crippen LogP contribution in [-0.4, -0.2) is 29.1 Å². The van der Waals surface area contributed by atoms with E-state index < -0.39 is 0 Å². The summed E-state index contributed by atoms with van der Waals surface area (Å²) in [6, 6.07) is 5.17. The molecule has 1 saturated carbocycles. The maximum Gasteiger partial charge on any atom is 0.142 e. The summed E-state index contributed by atoms with van der Waals surface area (Å²) in [5.41, 5.74) is 1.37. The van der Waals surface area contributed by atoms with E-state index in [1.54, 1.807) is 12.1 Å². The first-order chi connectivity index (χ1) is 9.90. The van der Waals surface area contributed by atoms with Gasteiger partial charge in [0, 0.05) is 30.7 Å². The average Bonchev–Trinajstić information content (AvgIpc) is 2.88.